The molecular formula is C29H35N3O2. The normalized spacial score (nSPS) is 16.8. The minimum Gasteiger partial charge on any atom is -0.396 e. The van der Waals surface area contributed by atoms with Crippen molar-refractivity contribution in [3.05, 3.63) is 95.1 Å². The number of carbonyl (C=O) groups is 1. The van der Waals surface area contributed by atoms with E-state index in [1.54, 1.807) is 0 Å². The van der Waals surface area contributed by atoms with Gasteiger partial charge in [0.05, 0.1) is 17.4 Å². The van der Waals surface area contributed by atoms with Gasteiger partial charge in [0.15, 0.2) is 0 Å². The van der Waals surface area contributed by atoms with Crippen molar-refractivity contribution in [2.24, 2.45) is 5.92 Å². The molecule has 0 amide bonds. The van der Waals surface area contributed by atoms with Crippen LogP contribution in [0.15, 0.2) is 72.8 Å². The predicted molar refractivity (Wildman–Crippen MR) is 139 cm³/mol. The zero-order valence-corrected chi connectivity index (χ0v) is 20.2. The Morgan fingerprint density at radius 1 is 0.882 bits per heavy atom. The number of benzene rings is 3. The van der Waals surface area contributed by atoms with Gasteiger partial charge in [-0.25, -0.2) is 0 Å². The number of likely N-dealkylation sites (tertiary alicyclic amines) is 1. The Morgan fingerprint density at radius 2 is 1.41 bits per heavy atom. The summed E-state index contributed by atoms with van der Waals surface area (Å²) in [4.78, 5) is 14.7. The quantitative estimate of drug-likeness (QED) is 0.369. The fourth-order valence-corrected chi connectivity index (χ4v) is 4.63. The Morgan fingerprint density at radius 3 is 1.94 bits per heavy atom. The molecule has 3 N–H and O–H groups in total. The summed E-state index contributed by atoms with van der Waals surface area (Å²) in [6.07, 6.45) is 1.01. The van der Waals surface area contributed by atoms with Crippen molar-refractivity contribution in [2.75, 3.05) is 30.3 Å². The number of anilines is 2. The van der Waals surface area contributed by atoms with Crippen molar-refractivity contribution in [1.29, 1.82) is 0 Å². The van der Waals surface area contributed by atoms with Gasteiger partial charge in [0.2, 0.25) is 0 Å². The van der Waals surface area contributed by atoms with E-state index in [1.807, 2.05) is 24.3 Å². The fourth-order valence-electron chi connectivity index (χ4n) is 4.63. The number of rotatable bonds is 10. The lowest BCUT2D eigenvalue weighted by molar-refractivity contribution is -0.110. The number of hydrogen-bond donors (Lipinski definition) is 3. The lowest BCUT2D eigenvalue weighted by atomic mass is 9.90. The summed E-state index contributed by atoms with van der Waals surface area (Å²) >= 11 is 0. The van der Waals surface area contributed by atoms with Gasteiger partial charge in [-0.1, -0.05) is 71.8 Å². The summed E-state index contributed by atoms with van der Waals surface area (Å²) in [6, 6.07) is 24.6. The van der Waals surface area contributed by atoms with Crippen molar-refractivity contribution in [3.8, 4) is 0 Å². The zero-order valence-electron chi connectivity index (χ0n) is 20.2. The molecule has 5 nitrogen and oxygen atoms in total. The molecule has 1 aliphatic rings. The second-order valence-electron chi connectivity index (χ2n) is 9.49. The van der Waals surface area contributed by atoms with Crippen LogP contribution in [0.5, 0.6) is 0 Å². The van der Waals surface area contributed by atoms with Crippen LogP contribution in [0.1, 0.15) is 41.3 Å². The number of para-hydroxylation sites is 2. The van der Waals surface area contributed by atoms with Gasteiger partial charge in [0.1, 0.15) is 12.3 Å². The highest BCUT2D eigenvalue weighted by atomic mass is 16.3. The molecule has 3 atom stereocenters. The molecule has 178 valence electrons. The van der Waals surface area contributed by atoms with Gasteiger partial charge in [0, 0.05) is 31.7 Å². The first-order chi connectivity index (χ1) is 16.5. The first-order valence-electron chi connectivity index (χ1n) is 12.0. The number of nitrogens with zero attached hydrogens (tertiary/aromatic N) is 1. The first-order valence-corrected chi connectivity index (χ1v) is 12.0. The smallest absolute Gasteiger partial charge is 0.144 e. The van der Waals surface area contributed by atoms with E-state index in [0.717, 1.165) is 36.3 Å². The predicted octanol–water partition coefficient (Wildman–Crippen LogP) is 5.12. The lowest BCUT2D eigenvalue weighted by Gasteiger charge is -2.46. The van der Waals surface area contributed by atoms with Crippen molar-refractivity contribution in [3.63, 3.8) is 0 Å². The number of aldehydes is 1. The van der Waals surface area contributed by atoms with Gasteiger partial charge in [-0.3, -0.25) is 4.90 Å². The number of aryl methyl sites for hydroxylation is 2. The number of carbonyl (C=O) groups excluding carboxylic acids is 1. The second-order valence-corrected chi connectivity index (χ2v) is 9.49. The number of aliphatic hydroxyl groups excluding tert-OH is 1. The minimum absolute atomic E-state index is 0.108. The van der Waals surface area contributed by atoms with Crippen molar-refractivity contribution in [2.45, 2.75) is 38.9 Å². The van der Waals surface area contributed by atoms with E-state index in [-0.39, 0.29) is 24.6 Å². The van der Waals surface area contributed by atoms with E-state index >= 15 is 0 Å². The number of hydrogen-bond acceptors (Lipinski definition) is 5. The molecule has 0 aliphatic carbocycles. The van der Waals surface area contributed by atoms with E-state index in [0.29, 0.717) is 0 Å². The van der Waals surface area contributed by atoms with Crippen LogP contribution in [0, 0.1) is 19.8 Å². The highest BCUT2D eigenvalue weighted by Crippen LogP contribution is 2.34. The SMILES string of the molecule is Cc1ccc(C(C)Nc2ccccc2N[C@H](C=O)C(c2ccc(C)cc2)N2CC(CO)C2)cc1. The third-order valence-corrected chi connectivity index (χ3v) is 6.74. The summed E-state index contributed by atoms with van der Waals surface area (Å²) in [5.74, 6) is 0.268. The van der Waals surface area contributed by atoms with Gasteiger partial charge in [-0.15, -0.1) is 0 Å². The Balaban J connectivity index is 1.57. The van der Waals surface area contributed by atoms with Gasteiger partial charge in [-0.2, -0.15) is 0 Å². The third-order valence-electron chi connectivity index (χ3n) is 6.74. The summed E-state index contributed by atoms with van der Waals surface area (Å²) < 4.78 is 0. The van der Waals surface area contributed by atoms with Crippen LogP contribution in [0.3, 0.4) is 0 Å². The highest BCUT2D eigenvalue weighted by molar-refractivity contribution is 5.75. The third kappa shape index (κ3) is 5.49. The molecule has 3 aromatic carbocycles. The minimum atomic E-state index is -0.431. The average Bonchev–Trinajstić information content (AvgIpc) is 2.82. The Hall–Kier alpha value is -3.15. The fraction of sp³-hybridized carbons (Fsp3) is 0.345. The number of nitrogens with one attached hydrogen (secondary N) is 2. The average molecular weight is 458 g/mol. The van der Waals surface area contributed by atoms with Crippen LogP contribution in [0.4, 0.5) is 11.4 Å². The molecule has 5 heteroatoms. The van der Waals surface area contributed by atoms with E-state index in [9.17, 15) is 9.90 Å². The van der Waals surface area contributed by atoms with Crippen molar-refractivity contribution < 1.29 is 9.90 Å². The largest absolute Gasteiger partial charge is 0.396 e. The van der Waals surface area contributed by atoms with Crippen LogP contribution in [0.25, 0.3) is 0 Å². The second kappa shape index (κ2) is 10.9. The maximum absolute atomic E-state index is 12.4. The highest BCUT2D eigenvalue weighted by Gasteiger charge is 2.37. The Labute approximate surface area is 202 Å². The molecule has 0 radical (unpaired) electrons. The summed E-state index contributed by atoms with van der Waals surface area (Å²) in [5.41, 5.74) is 6.60. The molecule has 1 heterocycles. The maximum atomic E-state index is 12.4. The molecule has 34 heavy (non-hydrogen) atoms. The lowest BCUT2D eigenvalue weighted by Crippen LogP contribution is -2.54. The summed E-state index contributed by atoms with van der Waals surface area (Å²) in [5, 5.41) is 16.7. The molecule has 1 aliphatic heterocycles. The first kappa shape index (κ1) is 24.0. The van der Waals surface area contributed by atoms with Crippen molar-refractivity contribution in [1.82, 2.24) is 4.90 Å². The van der Waals surface area contributed by atoms with Crippen LogP contribution in [0.2, 0.25) is 0 Å². The molecule has 1 fully saturated rings. The van der Waals surface area contributed by atoms with E-state index in [4.69, 9.17) is 0 Å². The topological polar surface area (TPSA) is 64.6 Å². The van der Waals surface area contributed by atoms with Gasteiger partial charge < -0.3 is 20.5 Å². The number of aliphatic hydroxyl groups is 1. The molecule has 0 saturated carbocycles. The Bertz CT molecular complexity index is 1080. The van der Waals surface area contributed by atoms with E-state index in [1.165, 1.54) is 16.7 Å². The molecular weight excluding hydrogens is 422 g/mol. The van der Waals surface area contributed by atoms with Crippen LogP contribution < -0.4 is 10.6 Å². The van der Waals surface area contributed by atoms with Crippen molar-refractivity contribution >= 4 is 17.7 Å². The van der Waals surface area contributed by atoms with E-state index < -0.39 is 6.04 Å². The molecule has 0 bridgehead atoms. The van der Waals surface area contributed by atoms with Gasteiger partial charge >= 0.3 is 0 Å². The molecule has 4 rings (SSSR count). The van der Waals surface area contributed by atoms with Crippen LogP contribution in [-0.4, -0.2) is 42.0 Å². The van der Waals surface area contributed by atoms with Crippen LogP contribution in [-0.2, 0) is 4.79 Å². The molecule has 0 aromatic heterocycles. The summed E-state index contributed by atoms with van der Waals surface area (Å²) in [7, 11) is 0. The standard InChI is InChI=1S/C29H35N3O2/c1-20-8-12-24(13-9-20)22(3)30-26-6-4-5-7-27(26)31-28(19-34)29(32-16-23(17-32)18-33)25-14-10-21(2)11-15-25/h4-15,19,22-23,28-31,33H,16-18H2,1-3H3/t22?,28-,29?/m1/s1. The monoisotopic (exact) mass is 457 g/mol. The molecule has 2 unspecified atom stereocenters. The zero-order chi connectivity index (χ0) is 24.1. The van der Waals surface area contributed by atoms with E-state index in [2.05, 4.69) is 84.8 Å². The molecule has 1 saturated heterocycles. The summed E-state index contributed by atoms with van der Waals surface area (Å²) in [6.45, 7) is 8.04. The Kier molecular flexibility index (Phi) is 7.66. The molecule has 0 spiro atoms. The molecule has 3 aromatic rings. The van der Waals surface area contributed by atoms with Gasteiger partial charge in [-0.05, 0) is 44.0 Å². The van der Waals surface area contributed by atoms with Crippen LogP contribution >= 0.6 is 0 Å². The van der Waals surface area contributed by atoms with Gasteiger partial charge in [0.25, 0.3) is 0 Å². The maximum Gasteiger partial charge on any atom is 0.144 e.